The molecule has 0 saturated carbocycles. The molecular weight excluding hydrogens is 339 g/mol. The van der Waals surface area contributed by atoms with Crippen LogP contribution in [0, 0.1) is 12.7 Å². The van der Waals surface area contributed by atoms with Gasteiger partial charge in [0.1, 0.15) is 23.4 Å². The highest BCUT2D eigenvalue weighted by molar-refractivity contribution is 9.10. The van der Waals surface area contributed by atoms with Gasteiger partial charge in [0, 0.05) is 5.56 Å². The summed E-state index contributed by atoms with van der Waals surface area (Å²) in [5, 5.41) is 10.6. The summed E-state index contributed by atoms with van der Waals surface area (Å²) in [5.41, 5.74) is 1.86. The Hall–Kier alpha value is -1.59. The molecule has 0 aliphatic heterocycles. The summed E-state index contributed by atoms with van der Waals surface area (Å²) < 4.78 is 24.5. The van der Waals surface area contributed by atoms with Crippen molar-refractivity contribution in [2.45, 2.75) is 13.0 Å². The van der Waals surface area contributed by atoms with Crippen LogP contribution < -0.4 is 9.47 Å². The Kier molecular flexibility index (Phi) is 4.85. The summed E-state index contributed by atoms with van der Waals surface area (Å²) in [7, 11) is 3.08. The zero-order valence-corrected chi connectivity index (χ0v) is 13.6. The van der Waals surface area contributed by atoms with Gasteiger partial charge in [-0.3, -0.25) is 0 Å². The number of rotatable bonds is 4. The van der Waals surface area contributed by atoms with Crippen molar-refractivity contribution < 1.29 is 19.0 Å². The Morgan fingerprint density at radius 1 is 1.05 bits per heavy atom. The minimum absolute atomic E-state index is 0.330. The van der Waals surface area contributed by atoms with E-state index in [0.717, 1.165) is 4.47 Å². The molecule has 0 aromatic heterocycles. The quantitative estimate of drug-likeness (QED) is 0.901. The highest BCUT2D eigenvalue weighted by atomic mass is 79.9. The summed E-state index contributed by atoms with van der Waals surface area (Å²) in [6.45, 7) is 1.75. The second-order valence-electron chi connectivity index (χ2n) is 4.63. The van der Waals surface area contributed by atoms with Gasteiger partial charge in [0.2, 0.25) is 0 Å². The lowest BCUT2D eigenvalue weighted by atomic mass is 9.96. The second-order valence-corrected chi connectivity index (χ2v) is 5.49. The zero-order chi connectivity index (χ0) is 15.6. The molecule has 0 saturated heterocycles. The van der Waals surface area contributed by atoms with E-state index in [1.807, 2.05) is 0 Å². The van der Waals surface area contributed by atoms with E-state index in [-0.39, 0.29) is 5.82 Å². The van der Waals surface area contributed by atoms with Gasteiger partial charge in [0.05, 0.1) is 18.7 Å². The highest BCUT2D eigenvalue weighted by Crippen LogP contribution is 2.38. The van der Waals surface area contributed by atoms with E-state index in [1.165, 1.54) is 19.2 Å². The van der Waals surface area contributed by atoms with Crippen LogP contribution >= 0.6 is 15.9 Å². The van der Waals surface area contributed by atoms with E-state index < -0.39 is 6.10 Å². The second kappa shape index (κ2) is 6.45. The van der Waals surface area contributed by atoms with E-state index in [4.69, 9.17) is 9.47 Å². The SMILES string of the molecule is COc1cc(C(O)c2ccc(F)cc2C)c(OC)cc1Br. The number of ether oxygens (including phenoxy) is 2. The molecule has 21 heavy (non-hydrogen) atoms. The highest BCUT2D eigenvalue weighted by Gasteiger charge is 2.20. The van der Waals surface area contributed by atoms with Crippen LogP contribution in [0.15, 0.2) is 34.8 Å². The molecule has 0 fully saturated rings. The first-order valence-electron chi connectivity index (χ1n) is 6.33. The lowest BCUT2D eigenvalue weighted by molar-refractivity contribution is 0.213. The molecule has 0 bridgehead atoms. The van der Waals surface area contributed by atoms with Crippen molar-refractivity contribution in [3.05, 3.63) is 57.3 Å². The summed E-state index contributed by atoms with van der Waals surface area (Å²) in [4.78, 5) is 0. The monoisotopic (exact) mass is 354 g/mol. The summed E-state index contributed by atoms with van der Waals surface area (Å²) in [6.07, 6.45) is -0.928. The van der Waals surface area contributed by atoms with Crippen LogP contribution in [0.5, 0.6) is 11.5 Å². The number of benzene rings is 2. The molecule has 1 atom stereocenters. The van der Waals surface area contributed by atoms with Gasteiger partial charge in [-0.2, -0.15) is 0 Å². The summed E-state index contributed by atoms with van der Waals surface area (Å²) in [5.74, 6) is 0.785. The van der Waals surface area contributed by atoms with Gasteiger partial charge in [-0.1, -0.05) is 6.07 Å². The Balaban J connectivity index is 2.53. The average Bonchev–Trinajstić information content (AvgIpc) is 2.46. The predicted molar refractivity (Wildman–Crippen MR) is 82.4 cm³/mol. The molecule has 0 spiro atoms. The van der Waals surface area contributed by atoms with Gasteiger partial charge in [-0.25, -0.2) is 4.39 Å². The number of methoxy groups -OCH3 is 2. The van der Waals surface area contributed by atoms with Crippen LogP contribution in [-0.2, 0) is 0 Å². The molecule has 0 heterocycles. The molecule has 112 valence electrons. The molecular formula is C16H16BrFO3. The number of hydrogen-bond donors (Lipinski definition) is 1. The van der Waals surface area contributed by atoms with Gasteiger partial charge in [-0.15, -0.1) is 0 Å². The molecule has 0 radical (unpaired) electrons. The predicted octanol–water partition coefficient (Wildman–Crippen LogP) is 4.00. The average molecular weight is 355 g/mol. The number of halogens is 2. The van der Waals surface area contributed by atoms with Gasteiger partial charge >= 0.3 is 0 Å². The van der Waals surface area contributed by atoms with Crippen LogP contribution in [0.1, 0.15) is 22.8 Å². The first-order valence-corrected chi connectivity index (χ1v) is 7.12. The summed E-state index contributed by atoms with van der Waals surface area (Å²) >= 11 is 3.38. The molecule has 3 nitrogen and oxygen atoms in total. The van der Waals surface area contributed by atoms with Crippen molar-refractivity contribution in [1.29, 1.82) is 0 Å². The van der Waals surface area contributed by atoms with E-state index in [2.05, 4.69) is 15.9 Å². The number of aliphatic hydroxyl groups excluding tert-OH is 1. The first-order chi connectivity index (χ1) is 9.97. The Morgan fingerprint density at radius 2 is 1.71 bits per heavy atom. The minimum Gasteiger partial charge on any atom is -0.496 e. The molecule has 0 aliphatic rings. The van der Waals surface area contributed by atoms with E-state index in [1.54, 1.807) is 32.2 Å². The van der Waals surface area contributed by atoms with Crippen LogP contribution in [0.2, 0.25) is 0 Å². The molecule has 5 heteroatoms. The zero-order valence-electron chi connectivity index (χ0n) is 12.0. The van der Waals surface area contributed by atoms with Crippen molar-refractivity contribution in [2.24, 2.45) is 0 Å². The standard InChI is InChI=1S/C16H16BrFO3/c1-9-6-10(18)4-5-11(9)16(19)12-7-15(21-3)13(17)8-14(12)20-2/h4-8,16,19H,1-3H3. The maximum atomic E-state index is 13.2. The van der Waals surface area contributed by atoms with Gasteiger partial charge in [0.15, 0.2) is 0 Å². The molecule has 2 aromatic carbocycles. The van der Waals surface area contributed by atoms with Crippen molar-refractivity contribution in [3.8, 4) is 11.5 Å². The third-order valence-corrected chi connectivity index (χ3v) is 3.94. The molecule has 0 amide bonds. The molecule has 1 N–H and O–H groups in total. The van der Waals surface area contributed by atoms with Crippen LogP contribution in [0.25, 0.3) is 0 Å². The fourth-order valence-electron chi connectivity index (χ4n) is 2.21. The molecule has 1 unspecified atom stereocenters. The normalized spacial score (nSPS) is 12.1. The third-order valence-electron chi connectivity index (χ3n) is 3.33. The number of hydrogen-bond acceptors (Lipinski definition) is 3. The molecule has 2 aromatic rings. The van der Waals surface area contributed by atoms with Crippen molar-refractivity contribution in [1.82, 2.24) is 0 Å². The van der Waals surface area contributed by atoms with Gasteiger partial charge in [-0.05, 0) is 58.2 Å². The largest absolute Gasteiger partial charge is 0.496 e. The van der Waals surface area contributed by atoms with Crippen molar-refractivity contribution >= 4 is 15.9 Å². The summed E-state index contributed by atoms with van der Waals surface area (Å²) in [6, 6.07) is 7.73. The van der Waals surface area contributed by atoms with Crippen molar-refractivity contribution in [3.63, 3.8) is 0 Å². The Bertz CT molecular complexity index is 658. The Morgan fingerprint density at radius 3 is 2.29 bits per heavy atom. The van der Waals surface area contributed by atoms with E-state index in [9.17, 15) is 9.50 Å². The minimum atomic E-state index is -0.928. The maximum Gasteiger partial charge on any atom is 0.133 e. The maximum absolute atomic E-state index is 13.2. The van der Waals surface area contributed by atoms with E-state index >= 15 is 0 Å². The molecule has 0 aliphatic carbocycles. The van der Waals surface area contributed by atoms with E-state index in [0.29, 0.717) is 28.2 Å². The van der Waals surface area contributed by atoms with Crippen LogP contribution in [0.3, 0.4) is 0 Å². The van der Waals surface area contributed by atoms with Crippen molar-refractivity contribution in [2.75, 3.05) is 14.2 Å². The Labute approximate surface area is 131 Å². The number of aliphatic hydroxyl groups is 1. The lowest BCUT2D eigenvalue weighted by Crippen LogP contribution is -2.05. The third kappa shape index (κ3) is 3.19. The lowest BCUT2D eigenvalue weighted by Gasteiger charge is -2.19. The fourth-order valence-corrected chi connectivity index (χ4v) is 2.70. The molecule has 2 rings (SSSR count). The van der Waals surface area contributed by atoms with Gasteiger partial charge < -0.3 is 14.6 Å². The van der Waals surface area contributed by atoms with Crippen LogP contribution in [0.4, 0.5) is 4.39 Å². The first kappa shape index (κ1) is 15.8. The van der Waals surface area contributed by atoms with Gasteiger partial charge in [0.25, 0.3) is 0 Å². The smallest absolute Gasteiger partial charge is 0.133 e. The van der Waals surface area contributed by atoms with Crippen LogP contribution in [-0.4, -0.2) is 19.3 Å². The fraction of sp³-hybridized carbons (Fsp3) is 0.250. The topological polar surface area (TPSA) is 38.7 Å². The number of aryl methyl sites for hydroxylation is 1.